The van der Waals surface area contributed by atoms with Crippen LogP contribution >= 0.6 is 18.5 Å². The molecule has 0 aliphatic carbocycles. The zero-order chi connectivity index (χ0) is 13.9. The minimum absolute atomic E-state index is 0.838. The summed E-state index contributed by atoms with van der Waals surface area (Å²) in [6, 6.07) is 0. The lowest BCUT2D eigenvalue weighted by atomic mass is 10.3. The van der Waals surface area contributed by atoms with Crippen LogP contribution < -0.4 is 4.90 Å². The Kier molecular flexibility index (Phi) is 5.04. The molecule has 4 nitrogen and oxygen atoms in total. The van der Waals surface area contributed by atoms with Gasteiger partial charge in [-0.15, -0.1) is 11.3 Å². The first-order valence-corrected chi connectivity index (χ1v) is 10.5. The molecule has 1 aliphatic rings. The zero-order valence-electron chi connectivity index (χ0n) is 12.1. The van der Waals surface area contributed by atoms with Crippen molar-refractivity contribution < 1.29 is 4.57 Å². The van der Waals surface area contributed by atoms with Crippen molar-refractivity contribution in [2.75, 3.05) is 57.1 Å². The van der Waals surface area contributed by atoms with Gasteiger partial charge in [-0.25, -0.2) is 4.98 Å². The third kappa shape index (κ3) is 4.59. The van der Waals surface area contributed by atoms with Gasteiger partial charge in [0.15, 0.2) is 5.13 Å². The number of thiazole rings is 1. The molecule has 0 bridgehead atoms. The summed E-state index contributed by atoms with van der Waals surface area (Å²) in [4.78, 5) is 10.7. The largest absolute Gasteiger partial charge is 0.346 e. The average Bonchev–Trinajstić information content (AvgIpc) is 2.85. The van der Waals surface area contributed by atoms with Crippen molar-refractivity contribution in [3.63, 3.8) is 0 Å². The third-order valence-electron chi connectivity index (χ3n) is 3.49. The molecule has 2 heterocycles. The van der Waals surface area contributed by atoms with Crippen molar-refractivity contribution in [1.82, 2.24) is 9.88 Å². The van der Waals surface area contributed by atoms with E-state index in [9.17, 15) is 4.57 Å². The molecular weight excluding hydrogens is 277 g/mol. The first-order valence-electron chi connectivity index (χ1n) is 6.94. The molecule has 0 atom stereocenters. The monoisotopic (exact) mass is 301 g/mol. The van der Waals surface area contributed by atoms with Gasteiger partial charge >= 0.3 is 0 Å². The summed E-state index contributed by atoms with van der Waals surface area (Å²) in [6.45, 7) is 11.1. The van der Waals surface area contributed by atoms with E-state index in [1.807, 2.05) is 30.9 Å². The Morgan fingerprint density at radius 2 is 2.00 bits per heavy atom. The first kappa shape index (κ1) is 15.0. The standard InChI is InChI=1S/C13H24N3OPS/c1-4-12-11-14-13(19-12)16-7-5-15(6-8-16)9-10-18(2,3)17/h11H,4-10H2,1-3H3. The molecule has 0 saturated carbocycles. The lowest BCUT2D eigenvalue weighted by Crippen LogP contribution is -2.47. The molecule has 0 radical (unpaired) electrons. The molecule has 0 amide bonds. The third-order valence-corrected chi connectivity index (χ3v) is 5.97. The minimum atomic E-state index is -1.87. The van der Waals surface area contributed by atoms with E-state index in [2.05, 4.69) is 21.7 Å². The first-order chi connectivity index (χ1) is 8.98. The van der Waals surface area contributed by atoms with Crippen LogP contribution in [0.5, 0.6) is 0 Å². The molecule has 1 aromatic heterocycles. The molecule has 1 aromatic rings. The average molecular weight is 301 g/mol. The van der Waals surface area contributed by atoms with Gasteiger partial charge in [0.1, 0.15) is 0 Å². The van der Waals surface area contributed by atoms with Gasteiger partial charge in [0.05, 0.1) is 7.14 Å². The van der Waals surface area contributed by atoms with E-state index in [1.54, 1.807) is 0 Å². The van der Waals surface area contributed by atoms with Crippen LogP contribution in [0, 0.1) is 0 Å². The predicted octanol–water partition coefficient (Wildman–Crippen LogP) is 2.45. The highest BCUT2D eigenvalue weighted by Crippen LogP contribution is 2.35. The second-order valence-electron chi connectivity index (χ2n) is 5.59. The Bertz CT molecular complexity index is 448. The Morgan fingerprint density at radius 3 is 2.53 bits per heavy atom. The van der Waals surface area contributed by atoms with Crippen molar-refractivity contribution >= 4 is 23.6 Å². The lowest BCUT2D eigenvalue weighted by Gasteiger charge is -2.34. The fourth-order valence-corrected chi connectivity index (χ4v) is 3.82. The summed E-state index contributed by atoms with van der Waals surface area (Å²) >= 11 is 1.81. The van der Waals surface area contributed by atoms with E-state index in [-0.39, 0.29) is 0 Å². The van der Waals surface area contributed by atoms with Crippen LogP contribution in [-0.2, 0) is 11.0 Å². The van der Waals surface area contributed by atoms with Gasteiger partial charge < -0.3 is 9.46 Å². The van der Waals surface area contributed by atoms with Gasteiger partial charge in [0.25, 0.3) is 0 Å². The normalized spacial score (nSPS) is 17.9. The van der Waals surface area contributed by atoms with Crippen LogP contribution in [-0.4, -0.2) is 62.1 Å². The summed E-state index contributed by atoms with van der Waals surface area (Å²) in [7, 11) is -1.87. The Labute approximate surface area is 120 Å². The quantitative estimate of drug-likeness (QED) is 0.783. The van der Waals surface area contributed by atoms with E-state index in [0.29, 0.717) is 0 Å². The van der Waals surface area contributed by atoms with Crippen molar-refractivity contribution in [1.29, 1.82) is 0 Å². The second-order valence-corrected chi connectivity index (χ2v) is 10.3. The van der Waals surface area contributed by atoms with Crippen LogP contribution in [0.4, 0.5) is 5.13 Å². The lowest BCUT2D eigenvalue weighted by molar-refractivity contribution is 0.272. The summed E-state index contributed by atoms with van der Waals surface area (Å²) in [6.07, 6.45) is 3.90. The number of rotatable bonds is 5. The molecule has 0 unspecified atom stereocenters. The van der Waals surface area contributed by atoms with E-state index in [1.165, 1.54) is 4.88 Å². The summed E-state index contributed by atoms with van der Waals surface area (Å²) in [5, 5.41) is 1.16. The molecule has 1 aliphatic heterocycles. The zero-order valence-corrected chi connectivity index (χ0v) is 13.8. The van der Waals surface area contributed by atoms with Crippen LogP contribution in [0.25, 0.3) is 0 Å². The van der Waals surface area contributed by atoms with E-state index >= 15 is 0 Å². The van der Waals surface area contributed by atoms with Gasteiger partial charge in [0, 0.05) is 50.0 Å². The molecule has 1 saturated heterocycles. The van der Waals surface area contributed by atoms with Crippen LogP contribution in [0.1, 0.15) is 11.8 Å². The van der Waals surface area contributed by atoms with Gasteiger partial charge in [-0.2, -0.15) is 0 Å². The molecule has 1 fully saturated rings. The van der Waals surface area contributed by atoms with E-state index in [0.717, 1.165) is 50.4 Å². The highest BCUT2D eigenvalue weighted by atomic mass is 32.1. The number of hydrogen-bond donors (Lipinski definition) is 0. The predicted molar refractivity (Wildman–Crippen MR) is 84.5 cm³/mol. The van der Waals surface area contributed by atoms with Gasteiger partial charge in [0.2, 0.25) is 0 Å². The maximum absolute atomic E-state index is 11.7. The molecule has 0 spiro atoms. The van der Waals surface area contributed by atoms with E-state index < -0.39 is 7.14 Å². The number of hydrogen-bond acceptors (Lipinski definition) is 5. The van der Waals surface area contributed by atoms with Gasteiger partial charge in [-0.3, -0.25) is 4.90 Å². The number of anilines is 1. The van der Waals surface area contributed by atoms with Gasteiger partial charge in [-0.1, -0.05) is 6.92 Å². The highest BCUT2D eigenvalue weighted by Gasteiger charge is 2.20. The fourth-order valence-electron chi connectivity index (χ4n) is 2.15. The molecule has 19 heavy (non-hydrogen) atoms. The van der Waals surface area contributed by atoms with Crippen molar-refractivity contribution in [3.05, 3.63) is 11.1 Å². The topological polar surface area (TPSA) is 36.4 Å². The smallest absolute Gasteiger partial charge is 0.185 e. The second kappa shape index (κ2) is 6.38. The minimum Gasteiger partial charge on any atom is -0.346 e. The number of aryl methyl sites for hydroxylation is 1. The summed E-state index contributed by atoms with van der Waals surface area (Å²) in [5.41, 5.74) is 0. The Morgan fingerprint density at radius 1 is 1.32 bits per heavy atom. The maximum Gasteiger partial charge on any atom is 0.185 e. The molecule has 108 valence electrons. The Balaban J connectivity index is 1.80. The molecule has 0 aromatic carbocycles. The molecule has 6 heteroatoms. The Hall–Kier alpha value is -0.380. The van der Waals surface area contributed by atoms with Crippen LogP contribution in [0.15, 0.2) is 6.20 Å². The van der Waals surface area contributed by atoms with Crippen LogP contribution in [0.2, 0.25) is 0 Å². The van der Waals surface area contributed by atoms with Crippen molar-refractivity contribution in [2.45, 2.75) is 13.3 Å². The highest BCUT2D eigenvalue weighted by molar-refractivity contribution is 7.62. The van der Waals surface area contributed by atoms with Crippen molar-refractivity contribution in [2.24, 2.45) is 0 Å². The van der Waals surface area contributed by atoms with E-state index in [4.69, 9.17) is 0 Å². The SMILES string of the molecule is CCc1cnc(N2CCN(CCP(C)(C)=O)CC2)s1. The molecule has 2 rings (SSSR count). The summed E-state index contributed by atoms with van der Waals surface area (Å²) in [5.74, 6) is 0. The number of piperazine rings is 1. The maximum atomic E-state index is 11.7. The molecule has 0 N–H and O–H groups in total. The number of aromatic nitrogens is 1. The fraction of sp³-hybridized carbons (Fsp3) is 0.769. The van der Waals surface area contributed by atoms with Crippen LogP contribution in [0.3, 0.4) is 0 Å². The molecular formula is C13H24N3OPS. The number of nitrogens with zero attached hydrogens (tertiary/aromatic N) is 3. The van der Waals surface area contributed by atoms with Gasteiger partial charge in [-0.05, 0) is 19.8 Å². The van der Waals surface area contributed by atoms with Crippen molar-refractivity contribution in [3.8, 4) is 0 Å². The summed E-state index contributed by atoms with van der Waals surface area (Å²) < 4.78 is 11.7.